The lowest BCUT2D eigenvalue weighted by Gasteiger charge is -2.28. The smallest absolute Gasteiger partial charge is 0.475 e. The quantitative estimate of drug-likeness (QED) is 0.313. The van der Waals surface area contributed by atoms with Crippen molar-refractivity contribution in [2.75, 3.05) is 0 Å². The van der Waals surface area contributed by atoms with Crippen molar-refractivity contribution in [1.29, 1.82) is 0 Å². The Kier molecular flexibility index (Phi) is 7.02. The van der Waals surface area contributed by atoms with Crippen LogP contribution in [0, 0.1) is 0 Å². The van der Waals surface area contributed by atoms with Crippen molar-refractivity contribution < 1.29 is 32.3 Å². The zero-order valence-corrected chi connectivity index (χ0v) is 19.0. The molecule has 11 heteroatoms. The molecule has 1 aliphatic carbocycles. The number of nitrogens with zero attached hydrogens (tertiary/aromatic N) is 1. The molecule has 3 N–H and O–H groups in total. The molecule has 2 atom stereocenters. The van der Waals surface area contributed by atoms with Gasteiger partial charge in [-0.05, 0) is 55.7 Å². The number of hydrogen-bond donors (Lipinski definition) is 3. The molecule has 184 valence electrons. The molecule has 0 spiro atoms. The SMILES string of the molecule is O=C(N[C@@H]1CCC[C@H](c2nc3ccccc3[nH]2)C1)c1cc2cc(Cl)ccc2o1.O=C(O)C(F)(F)F. The van der Waals surface area contributed by atoms with Crippen LogP contribution in [0.2, 0.25) is 5.02 Å². The number of H-pyrrole nitrogens is 1. The minimum atomic E-state index is -5.08. The van der Waals surface area contributed by atoms with Gasteiger partial charge in [-0.15, -0.1) is 0 Å². The van der Waals surface area contributed by atoms with Crippen LogP contribution in [0.3, 0.4) is 0 Å². The van der Waals surface area contributed by atoms with E-state index in [1.165, 1.54) is 0 Å². The number of fused-ring (bicyclic) bond motifs is 2. The van der Waals surface area contributed by atoms with Gasteiger partial charge >= 0.3 is 12.1 Å². The van der Waals surface area contributed by atoms with E-state index in [0.29, 0.717) is 22.3 Å². The minimum absolute atomic E-state index is 0.108. The Bertz CT molecular complexity index is 1330. The fraction of sp³-hybridized carbons (Fsp3) is 0.292. The second-order valence-electron chi connectivity index (χ2n) is 8.27. The highest BCUT2D eigenvalue weighted by molar-refractivity contribution is 6.31. The van der Waals surface area contributed by atoms with Crippen LogP contribution in [-0.4, -0.2) is 39.2 Å². The first kappa shape index (κ1) is 24.6. The lowest BCUT2D eigenvalue weighted by atomic mass is 9.85. The molecule has 5 rings (SSSR count). The topological polar surface area (TPSA) is 108 Å². The van der Waals surface area contributed by atoms with Crippen molar-refractivity contribution in [3.8, 4) is 0 Å². The molecule has 2 heterocycles. The van der Waals surface area contributed by atoms with Crippen LogP contribution in [0.1, 0.15) is 48.0 Å². The van der Waals surface area contributed by atoms with E-state index in [1.54, 1.807) is 24.3 Å². The van der Waals surface area contributed by atoms with Crippen LogP contribution in [0.25, 0.3) is 22.0 Å². The highest BCUT2D eigenvalue weighted by atomic mass is 35.5. The van der Waals surface area contributed by atoms with E-state index in [2.05, 4.69) is 10.3 Å². The van der Waals surface area contributed by atoms with Gasteiger partial charge < -0.3 is 19.8 Å². The number of halogens is 4. The predicted molar refractivity (Wildman–Crippen MR) is 123 cm³/mol. The van der Waals surface area contributed by atoms with Gasteiger partial charge in [-0.2, -0.15) is 13.2 Å². The number of carboxylic acids is 1. The number of carbonyl (C=O) groups excluding carboxylic acids is 1. The molecule has 7 nitrogen and oxygen atoms in total. The highest BCUT2D eigenvalue weighted by Crippen LogP contribution is 2.33. The average Bonchev–Trinajstić information content (AvgIpc) is 3.43. The number of aliphatic carboxylic acids is 1. The van der Waals surface area contributed by atoms with Crippen LogP contribution in [0.4, 0.5) is 13.2 Å². The summed E-state index contributed by atoms with van der Waals surface area (Å²) in [5.74, 6) is -1.28. The summed E-state index contributed by atoms with van der Waals surface area (Å²) in [7, 11) is 0. The van der Waals surface area contributed by atoms with Gasteiger partial charge in [-0.1, -0.05) is 30.2 Å². The normalized spacial score (nSPS) is 18.2. The first-order chi connectivity index (χ1) is 16.6. The van der Waals surface area contributed by atoms with Crippen molar-refractivity contribution in [2.45, 2.75) is 43.8 Å². The maximum atomic E-state index is 12.7. The molecular formula is C24H21ClF3N3O4. The molecule has 2 aromatic carbocycles. The average molecular weight is 508 g/mol. The van der Waals surface area contributed by atoms with Crippen molar-refractivity contribution in [2.24, 2.45) is 0 Å². The third-order valence-electron chi connectivity index (χ3n) is 5.75. The number of nitrogens with one attached hydrogen (secondary N) is 2. The van der Waals surface area contributed by atoms with Crippen molar-refractivity contribution in [3.05, 3.63) is 65.1 Å². The molecule has 1 saturated carbocycles. The van der Waals surface area contributed by atoms with E-state index >= 15 is 0 Å². The molecule has 0 radical (unpaired) electrons. The van der Waals surface area contributed by atoms with Gasteiger partial charge in [0.15, 0.2) is 5.76 Å². The number of para-hydroxylation sites is 2. The van der Waals surface area contributed by atoms with Gasteiger partial charge in [0.2, 0.25) is 0 Å². The van der Waals surface area contributed by atoms with Gasteiger partial charge in [-0.3, -0.25) is 4.79 Å². The predicted octanol–water partition coefficient (Wildman–Crippen LogP) is 6.05. The Morgan fingerprint density at radius 2 is 1.89 bits per heavy atom. The molecule has 1 amide bonds. The number of imidazole rings is 1. The van der Waals surface area contributed by atoms with Gasteiger partial charge in [0.05, 0.1) is 11.0 Å². The summed E-state index contributed by atoms with van der Waals surface area (Å²) in [6, 6.07) is 15.3. The van der Waals surface area contributed by atoms with E-state index in [9.17, 15) is 18.0 Å². The first-order valence-corrected chi connectivity index (χ1v) is 11.2. The maximum Gasteiger partial charge on any atom is 0.490 e. The number of aromatic nitrogens is 2. The molecule has 0 saturated heterocycles. The third-order valence-corrected chi connectivity index (χ3v) is 5.98. The fourth-order valence-corrected chi connectivity index (χ4v) is 4.30. The van der Waals surface area contributed by atoms with Gasteiger partial charge in [0, 0.05) is 22.4 Å². The van der Waals surface area contributed by atoms with E-state index in [-0.39, 0.29) is 11.9 Å². The lowest BCUT2D eigenvalue weighted by Crippen LogP contribution is -2.38. The molecule has 1 aliphatic rings. The van der Waals surface area contributed by atoms with E-state index in [0.717, 1.165) is 47.9 Å². The van der Waals surface area contributed by atoms with E-state index < -0.39 is 12.1 Å². The van der Waals surface area contributed by atoms with Crippen molar-refractivity contribution in [3.63, 3.8) is 0 Å². The monoisotopic (exact) mass is 507 g/mol. The molecule has 0 bridgehead atoms. The van der Waals surface area contributed by atoms with Crippen LogP contribution in [0.15, 0.2) is 52.9 Å². The molecule has 0 aliphatic heterocycles. The summed E-state index contributed by atoms with van der Waals surface area (Å²) in [5, 5.41) is 11.7. The van der Waals surface area contributed by atoms with Crippen molar-refractivity contribution in [1.82, 2.24) is 15.3 Å². The Morgan fingerprint density at radius 3 is 2.60 bits per heavy atom. The molecule has 1 fully saturated rings. The molecular weight excluding hydrogens is 487 g/mol. The molecule has 4 aromatic rings. The van der Waals surface area contributed by atoms with E-state index in [4.69, 9.17) is 30.9 Å². The number of rotatable bonds is 3. The number of carbonyl (C=O) groups is 2. The summed E-state index contributed by atoms with van der Waals surface area (Å²) in [4.78, 5) is 29.8. The summed E-state index contributed by atoms with van der Waals surface area (Å²) in [5.41, 5.74) is 2.72. The van der Waals surface area contributed by atoms with Crippen LogP contribution in [-0.2, 0) is 4.79 Å². The summed E-state index contributed by atoms with van der Waals surface area (Å²) < 4.78 is 37.4. The van der Waals surface area contributed by atoms with Crippen LogP contribution >= 0.6 is 11.6 Å². The zero-order valence-electron chi connectivity index (χ0n) is 18.2. The first-order valence-electron chi connectivity index (χ1n) is 10.8. The number of furan rings is 1. The van der Waals surface area contributed by atoms with Gasteiger partial charge in [0.25, 0.3) is 5.91 Å². The Balaban J connectivity index is 0.000000364. The number of alkyl halides is 3. The number of amides is 1. The number of hydrogen-bond acceptors (Lipinski definition) is 4. The molecule has 0 unspecified atom stereocenters. The number of carboxylic acid groups (broad SMARTS) is 1. The van der Waals surface area contributed by atoms with Crippen LogP contribution in [0.5, 0.6) is 0 Å². The van der Waals surface area contributed by atoms with Crippen LogP contribution < -0.4 is 5.32 Å². The number of benzene rings is 2. The third kappa shape index (κ3) is 5.94. The fourth-order valence-electron chi connectivity index (χ4n) is 4.12. The van der Waals surface area contributed by atoms with Gasteiger partial charge in [-0.25, -0.2) is 9.78 Å². The highest BCUT2D eigenvalue weighted by Gasteiger charge is 2.38. The lowest BCUT2D eigenvalue weighted by molar-refractivity contribution is -0.192. The largest absolute Gasteiger partial charge is 0.490 e. The van der Waals surface area contributed by atoms with E-state index in [1.807, 2.05) is 24.3 Å². The second-order valence-corrected chi connectivity index (χ2v) is 8.71. The Hall–Kier alpha value is -3.53. The Labute approximate surface area is 202 Å². The molecule has 35 heavy (non-hydrogen) atoms. The standard InChI is InChI=1S/C22H20ClN3O2.C2HF3O2/c23-15-8-9-19-14(10-15)12-20(28-19)22(27)24-16-5-3-4-13(11-16)21-25-17-6-1-2-7-18(17)26-21;3-2(4,5)1(6)7/h1-2,6-10,12-13,16H,3-5,11H2,(H,24,27)(H,25,26);(H,6,7)/t13-,16+;/m0./s1. The Morgan fingerprint density at radius 1 is 1.14 bits per heavy atom. The van der Waals surface area contributed by atoms with Crippen molar-refractivity contribution >= 4 is 45.5 Å². The number of aromatic amines is 1. The minimum Gasteiger partial charge on any atom is -0.475 e. The summed E-state index contributed by atoms with van der Waals surface area (Å²) in [6.07, 6.45) is -1.11. The van der Waals surface area contributed by atoms with Gasteiger partial charge in [0.1, 0.15) is 11.4 Å². The summed E-state index contributed by atoms with van der Waals surface area (Å²) >= 11 is 6.02. The second kappa shape index (κ2) is 9.99. The zero-order chi connectivity index (χ0) is 25.2. The molecule has 2 aromatic heterocycles. The summed E-state index contributed by atoms with van der Waals surface area (Å²) in [6.45, 7) is 0. The maximum absolute atomic E-state index is 12.7.